The molecule has 24 heavy (non-hydrogen) atoms. The van der Waals surface area contributed by atoms with Gasteiger partial charge in [0.25, 0.3) is 5.56 Å². The van der Waals surface area contributed by atoms with Gasteiger partial charge in [-0.25, -0.2) is 9.78 Å². The number of benzene rings is 1. The Morgan fingerprint density at radius 2 is 1.67 bits per heavy atom. The fraction of sp³-hybridized carbons (Fsp3) is 0.353. The maximum atomic E-state index is 12.4. The average Bonchev–Trinajstić information content (AvgIpc) is 2.89. The first-order chi connectivity index (χ1) is 11.3. The van der Waals surface area contributed by atoms with Crippen molar-refractivity contribution in [3.63, 3.8) is 0 Å². The van der Waals surface area contributed by atoms with Crippen molar-refractivity contribution in [3.8, 4) is 11.4 Å². The lowest BCUT2D eigenvalue weighted by Crippen LogP contribution is -2.37. The lowest BCUT2D eigenvalue weighted by atomic mass is 10.1. The third-order valence-corrected chi connectivity index (χ3v) is 4.25. The molecule has 0 aliphatic heterocycles. The maximum Gasteiger partial charge on any atom is 0.332 e. The van der Waals surface area contributed by atoms with Crippen LogP contribution in [-0.2, 0) is 27.6 Å². The topological polar surface area (TPSA) is 87.8 Å². The molecule has 0 saturated carbocycles. The van der Waals surface area contributed by atoms with Crippen molar-refractivity contribution in [2.24, 2.45) is 26.9 Å². The Morgan fingerprint density at radius 3 is 2.25 bits per heavy atom. The van der Waals surface area contributed by atoms with E-state index in [1.165, 1.54) is 11.6 Å². The zero-order chi connectivity index (χ0) is 17.6. The first-order valence-corrected chi connectivity index (χ1v) is 7.78. The van der Waals surface area contributed by atoms with Crippen molar-refractivity contribution in [2.45, 2.75) is 19.4 Å². The van der Waals surface area contributed by atoms with Gasteiger partial charge in [-0.2, -0.15) is 0 Å². The molecular weight excluding hydrogens is 306 g/mol. The Hall–Kier alpha value is -2.67. The molecule has 3 rings (SSSR count). The maximum absolute atomic E-state index is 12.4. The van der Waals surface area contributed by atoms with E-state index in [9.17, 15) is 9.59 Å². The van der Waals surface area contributed by atoms with Gasteiger partial charge in [-0.1, -0.05) is 24.3 Å². The van der Waals surface area contributed by atoms with Crippen molar-refractivity contribution in [1.82, 2.24) is 18.7 Å². The largest absolute Gasteiger partial charge is 0.332 e. The number of imidazole rings is 1. The van der Waals surface area contributed by atoms with Gasteiger partial charge in [-0.3, -0.25) is 13.9 Å². The summed E-state index contributed by atoms with van der Waals surface area (Å²) < 4.78 is 4.22. The van der Waals surface area contributed by atoms with Crippen LogP contribution in [0.3, 0.4) is 0 Å². The lowest BCUT2D eigenvalue weighted by molar-refractivity contribution is 0.705. The van der Waals surface area contributed by atoms with Gasteiger partial charge < -0.3 is 10.3 Å². The lowest BCUT2D eigenvalue weighted by Gasteiger charge is -2.07. The molecule has 1 aromatic carbocycles. The highest BCUT2D eigenvalue weighted by molar-refractivity contribution is 5.76. The third-order valence-electron chi connectivity index (χ3n) is 4.25. The molecule has 3 aromatic rings. The van der Waals surface area contributed by atoms with Crippen molar-refractivity contribution in [3.05, 3.63) is 50.7 Å². The van der Waals surface area contributed by atoms with Crippen molar-refractivity contribution in [2.75, 3.05) is 0 Å². The van der Waals surface area contributed by atoms with Crippen LogP contribution in [0.5, 0.6) is 0 Å². The predicted octanol–water partition coefficient (Wildman–Crippen LogP) is 0.527. The minimum atomic E-state index is -0.385. The van der Waals surface area contributed by atoms with Gasteiger partial charge in [-0.15, -0.1) is 0 Å². The Bertz CT molecular complexity index is 1020. The summed E-state index contributed by atoms with van der Waals surface area (Å²) in [5, 5.41) is 0. The van der Waals surface area contributed by atoms with Gasteiger partial charge in [0.15, 0.2) is 11.2 Å². The zero-order valence-electron chi connectivity index (χ0n) is 14.3. The molecule has 0 unspecified atom stereocenters. The van der Waals surface area contributed by atoms with Gasteiger partial charge in [0.2, 0.25) is 0 Å². The molecule has 0 aliphatic carbocycles. The smallest absolute Gasteiger partial charge is 0.328 e. The molecule has 2 aromatic heterocycles. The van der Waals surface area contributed by atoms with E-state index in [0.29, 0.717) is 17.0 Å². The van der Waals surface area contributed by atoms with Gasteiger partial charge in [0, 0.05) is 32.7 Å². The van der Waals surface area contributed by atoms with E-state index >= 15 is 0 Å². The molecule has 2 N–H and O–H groups in total. The summed E-state index contributed by atoms with van der Waals surface area (Å²) in [4.78, 5) is 29.0. The highest BCUT2D eigenvalue weighted by Gasteiger charge is 2.17. The second kappa shape index (κ2) is 5.76. The first kappa shape index (κ1) is 16.2. The molecular formula is C17H21N5O2. The number of hydrogen-bond acceptors (Lipinski definition) is 4. The molecule has 126 valence electrons. The van der Waals surface area contributed by atoms with Crippen LogP contribution in [-0.4, -0.2) is 24.7 Å². The van der Waals surface area contributed by atoms with Crippen LogP contribution in [0.2, 0.25) is 0 Å². The molecule has 7 nitrogen and oxygen atoms in total. The molecule has 0 bridgehead atoms. The number of nitrogens with zero attached hydrogens (tertiary/aromatic N) is 4. The van der Waals surface area contributed by atoms with Crippen LogP contribution in [0.4, 0.5) is 0 Å². The number of aromatic nitrogens is 4. The second-order valence-corrected chi connectivity index (χ2v) is 6.25. The number of hydrogen-bond donors (Lipinski definition) is 1. The fourth-order valence-corrected chi connectivity index (χ4v) is 2.94. The van der Waals surface area contributed by atoms with Crippen LogP contribution >= 0.6 is 0 Å². The predicted molar refractivity (Wildman–Crippen MR) is 94.0 cm³/mol. The van der Waals surface area contributed by atoms with E-state index in [0.717, 1.165) is 22.1 Å². The summed E-state index contributed by atoms with van der Waals surface area (Å²) in [6, 6.07) is 8.04. The number of nitrogens with two attached hydrogens (primary N) is 1. The summed E-state index contributed by atoms with van der Waals surface area (Å²) >= 11 is 0. The standard InChI is InChI=1S/C17H21N5O2/c1-10(18)9-11-5-7-12(8-6-11)14-19-15-13(20(14)2)16(23)22(4)17(24)21(15)3/h5-8,10H,9,18H2,1-4H3/t10-/m1/s1. The molecule has 0 spiro atoms. The molecule has 7 heteroatoms. The molecule has 0 fully saturated rings. The van der Waals surface area contributed by atoms with Crippen LogP contribution in [0.25, 0.3) is 22.6 Å². The molecule has 1 atom stereocenters. The third kappa shape index (κ3) is 2.46. The monoisotopic (exact) mass is 327 g/mol. The Morgan fingerprint density at radius 1 is 1.04 bits per heavy atom. The van der Waals surface area contributed by atoms with Crippen molar-refractivity contribution in [1.29, 1.82) is 0 Å². The van der Waals surface area contributed by atoms with E-state index in [1.807, 2.05) is 31.2 Å². The van der Waals surface area contributed by atoms with E-state index in [4.69, 9.17) is 5.73 Å². The Balaban J connectivity index is 2.19. The SMILES string of the molecule is C[C@@H](N)Cc1ccc(-c2nc3c(c(=O)n(C)c(=O)n3C)n2C)cc1. The van der Waals surface area contributed by atoms with Crippen LogP contribution in [0, 0.1) is 0 Å². The summed E-state index contributed by atoms with van der Waals surface area (Å²) in [5.74, 6) is 0.649. The highest BCUT2D eigenvalue weighted by Crippen LogP contribution is 2.21. The summed E-state index contributed by atoms with van der Waals surface area (Å²) in [7, 11) is 4.87. The summed E-state index contributed by atoms with van der Waals surface area (Å²) in [6.07, 6.45) is 0.803. The normalized spacial score (nSPS) is 12.7. The quantitative estimate of drug-likeness (QED) is 0.760. The Kier molecular flexibility index (Phi) is 3.88. The minimum absolute atomic E-state index is 0.101. The average molecular weight is 327 g/mol. The number of rotatable bonds is 3. The fourth-order valence-electron chi connectivity index (χ4n) is 2.94. The molecule has 0 saturated heterocycles. The van der Waals surface area contributed by atoms with Crippen molar-refractivity contribution < 1.29 is 0 Å². The number of fused-ring (bicyclic) bond motifs is 1. The molecule has 0 aliphatic rings. The van der Waals surface area contributed by atoms with Gasteiger partial charge in [0.1, 0.15) is 5.82 Å². The van der Waals surface area contributed by atoms with Gasteiger partial charge in [-0.05, 0) is 18.9 Å². The van der Waals surface area contributed by atoms with E-state index < -0.39 is 0 Å². The highest BCUT2D eigenvalue weighted by atomic mass is 16.2. The van der Waals surface area contributed by atoms with Crippen LogP contribution < -0.4 is 17.0 Å². The number of aryl methyl sites for hydroxylation is 2. The van der Waals surface area contributed by atoms with E-state index in [1.54, 1.807) is 18.7 Å². The minimum Gasteiger partial charge on any atom is -0.328 e. The van der Waals surface area contributed by atoms with Crippen LogP contribution in [0.15, 0.2) is 33.9 Å². The second-order valence-electron chi connectivity index (χ2n) is 6.25. The van der Waals surface area contributed by atoms with Gasteiger partial charge in [0.05, 0.1) is 0 Å². The van der Waals surface area contributed by atoms with E-state index in [-0.39, 0.29) is 17.3 Å². The zero-order valence-corrected chi connectivity index (χ0v) is 14.3. The van der Waals surface area contributed by atoms with Gasteiger partial charge >= 0.3 is 5.69 Å². The summed E-state index contributed by atoms with van der Waals surface area (Å²) in [6.45, 7) is 1.97. The summed E-state index contributed by atoms with van der Waals surface area (Å²) in [5.41, 5.74) is 7.93. The molecule has 0 amide bonds. The first-order valence-electron chi connectivity index (χ1n) is 7.78. The van der Waals surface area contributed by atoms with Crippen LogP contribution in [0.1, 0.15) is 12.5 Å². The molecule has 0 radical (unpaired) electrons. The van der Waals surface area contributed by atoms with Crippen molar-refractivity contribution >= 4 is 11.2 Å². The molecule has 2 heterocycles. The van der Waals surface area contributed by atoms with E-state index in [2.05, 4.69) is 4.98 Å². The Labute approximate surface area is 139 Å².